The fourth-order valence-electron chi connectivity index (χ4n) is 1.78. The van der Waals surface area contributed by atoms with Gasteiger partial charge < -0.3 is 4.74 Å². The third-order valence-corrected chi connectivity index (χ3v) is 2.55. The van der Waals surface area contributed by atoms with E-state index >= 15 is 0 Å². The van der Waals surface area contributed by atoms with Crippen LogP contribution in [-0.4, -0.2) is 18.4 Å². The fraction of sp³-hybridized carbons (Fsp3) is 0.231. The summed E-state index contributed by atoms with van der Waals surface area (Å²) in [6.07, 6.45) is 2.32. The molecular formula is C13H12O3. The van der Waals surface area contributed by atoms with Crippen molar-refractivity contribution < 1.29 is 14.3 Å². The number of ketones is 1. The minimum Gasteiger partial charge on any atom is -0.462 e. The van der Waals surface area contributed by atoms with Crippen LogP contribution in [0.1, 0.15) is 22.8 Å². The standard InChI is InChI=1S/C13H12O3/c1-9(14)16-7-6-11-8-10-4-2-3-5-12(10)13(11)15/h2-6H,7-8H2,1H3/b11-6+. The van der Waals surface area contributed by atoms with Crippen LogP contribution in [0.5, 0.6) is 0 Å². The molecule has 0 heterocycles. The lowest BCUT2D eigenvalue weighted by molar-refractivity contribution is -0.139. The third-order valence-electron chi connectivity index (χ3n) is 2.55. The van der Waals surface area contributed by atoms with Gasteiger partial charge >= 0.3 is 5.97 Å². The van der Waals surface area contributed by atoms with E-state index in [1.54, 1.807) is 6.08 Å². The Kier molecular flexibility index (Phi) is 2.86. The normalized spacial score (nSPS) is 16.3. The second kappa shape index (κ2) is 4.31. The third kappa shape index (κ3) is 2.03. The molecule has 0 atom stereocenters. The SMILES string of the molecule is CC(=O)OC/C=C1\Cc2ccccc2C1=O. The highest BCUT2D eigenvalue weighted by Crippen LogP contribution is 2.25. The first-order chi connectivity index (χ1) is 7.68. The predicted molar refractivity (Wildman–Crippen MR) is 59.2 cm³/mol. The molecule has 2 rings (SSSR count). The van der Waals surface area contributed by atoms with Crippen LogP contribution in [0, 0.1) is 0 Å². The monoisotopic (exact) mass is 216 g/mol. The molecule has 0 amide bonds. The van der Waals surface area contributed by atoms with Gasteiger partial charge in [0.25, 0.3) is 0 Å². The Balaban J connectivity index is 2.12. The number of carbonyl (C=O) groups excluding carboxylic acids is 2. The molecule has 1 aromatic carbocycles. The van der Waals surface area contributed by atoms with Gasteiger partial charge in [0.1, 0.15) is 6.61 Å². The fourth-order valence-corrected chi connectivity index (χ4v) is 1.78. The Morgan fingerprint density at radius 3 is 2.88 bits per heavy atom. The first-order valence-corrected chi connectivity index (χ1v) is 5.13. The number of hydrogen-bond acceptors (Lipinski definition) is 3. The van der Waals surface area contributed by atoms with Crippen molar-refractivity contribution in [3.05, 3.63) is 47.0 Å². The Bertz CT molecular complexity index is 472. The maximum absolute atomic E-state index is 11.9. The molecule has 0 N–H and O–H groups in total. The number of fused-ring (bicyclic) bond motifs is 1. The topological polar surface area (TPSA) is 43.4 Å². The summed E-state index contributed by atoms with van der Waals surface area (Å²) in [5.41, 5.74) is 2.51. The number of carbonyl (C=O) groups is 2. The molecule has 0 spiro atoms. The highest BCUT2D eigenvalue weighted by Gasteiger charge is 2.23. The molecule has 82 valence electrons. The van der Waals surface area contributed by atoms with Gasteiger partial charge in [-0.25, -0.2) is 0 Å². The van der Waals surface area contributed by atoms with Gasteiger partial charge in [0.2, 0.25) is 0 Å². The van der Waals surface area contributed by atoms with Crippen LogP contribution in [-0.2, 0) is 16.0 Å². The average Bonchev–Trinajstić information content (AvgIpc) is 2.56. The molecule has 0 saturated heterocycles. The van der Waals surface area contributed by atoms with Crippen molar-refractivity contribution in [3.8, 4) is 0 Å². The van der Waals surface area contributed by atoms with E-state index in [-0.39, 0.29) is 18.4 Å². The molecule has 0 fully saturated rings. The molecule has 0 saturated carbocycles. The zero-order chi connectivity index (χ0) is 11.5. The number of rotatable bonds is 2. The number of ether oxygens (including phenoxy) is 1. The van der Waals surface area contributed by atoms with E-state index in [1.807, 2.05) is 24.3 Å². The summed E-state index contributed by atoms with van der Waals surface area (Å²) in [6.45, 7) is 1.52. The lowest BCUT2D eigenvalue weighted by atomic mass is 10.1. The second-order valence-corrected chi connectivity index (χ2v) is 3.69. The predicted octanol–water partition coefficient (Wildman–Crippen LogP) is 1.91. The Labute approximate surface area is 93.7 Å². The summed E-state index contributed by atoms with van der Waals surface area (Å²) < 4.78 is 4.78. The number of Topliss-reactive ketones (excluding diaryl/α,β-unsaturated/α-hetero) is 1. The van der Waals surface area contributed by atoms with Gasteiger partial charge in [0.05, 0.1) is 0 Å². The van der Waals surface area contributed by atoms with Crippen molar-refractivity contribution in [2.24, 2.45) is 0 Å². The molecule has 0 aromatic heterocycles. The van der Waals surface area contributed by atoms with E-state index in [2.05, 4.69) is 0 Å². The summed E-state index contributed by atoms with van der Waals surface area (Å²) in [4.78, 5) is 22.4. The molecule has 0 radical (unpaired) electrons. The van der Waals surface area contributed by atoms with E-state index in [4.69, 9.17) is 4.74 Å². The van der Waals surface area contributed by atoms with Crippen LogP contribution in [0.25, 0.3) is 0 Å². The first kappa shape index (κ1) is 10.6. The van der Waals surface area contributed by atoms with Crippen LogP contribution in [0.4, 0.5) is 0 Å². The van der Waals surface area contributed by atoms with Gasteiger partial charge in [0, 0.05) is 24.5 Å². The molecule has 16 heavy (non-hydrogen) atoms. The summed E-state index contributed by atoms with van der Waals surface area (Å²) in [6, 6.07) is 7.54. The first-order valence-electron chi connectivity index (χ1n) is 5.13. The maximum Gasteiger partial charge on any atom is 0.302 e. The molecule has 3 nitrogen and oxygen atoms in total. The maximum atomic E-state index is 11.9. The van der Waals surface area contributed by atoms with Crippen LogP contribution in [0.2, 0.25) is 0 Å². The quantitative estimate of drug-likeness (QED) is 0.560. The van der Waals surface area contributed by atoms with E-state index in [0.29, 0.717) is 12.0 Å². The number of allylic oxidation sites excluding steroid dienone is 1. The molecule has 1 aliphatic carbocycles. The van der Waals surface area contributed by atoms with Gasteiger partial charge in [-0.2, -0.15) is 0 Å². The highest BCUT2D eigenvalue weighted by atomic mass is 16.5. The molecule has 0 unspecified atom stereocenters. The Morgan fingerprint density at radius 2 is 2.19 bits per heavy atom. The molecule has 0 bridgehead atoms. The van der Waals surface area contributed by atoms with Crippen LogP contribution in [0.15, 0.2) is 35.9 Å². The molecular weight excluding hydrogens is 204 g/mol. The lowest BCUT2D eigenvalue weighted by Gasteiger charge is -1.97. The molecule has 1 aliphatic rings. The minimum absolute atomic E-state index is 0.0442. The van der Waals surface area contributed by atoms with Crippen LogP contribution < -0.4 is 0 Å². The molecule has 1 aromatic rings. The van der Waals surface area contributed by atoms with Gasteiger partial charge in [0.15, 0.2) is 5.78 Å². The smallest absolute Gasteiger partial charge is 0.302 e. The molecule has 0 aliphatic heterocycles. The zero-order valence-electron chi connectivity index (χ0n) is 9.03. The van der Waals surface area contributed by atoms with E-state index < -0.39 is 0 Å². The lowest BCUT2D eigenvalue weighted by Crippen LogP contribution is -2.01. The van der Waals surface area contributed by atoms with Crippen molar-refractivity contribution >= 4 is 11.8 Å². The van der Waals surface area contributed by atoms with Crippen molar-refractivity contribution in [2.75, 3.05) is 6.61 Å². The number of benzene rings is 1. The van der Waals surface area contributed by atoms with Gasteiger partial charge in [-0.15, -0.1) is 0 Å². The Hall–Kier alpha value is -1.90. The van der Waals surface area contributed by atoms with Crippen molar-refractivity contribution in [1.82, 2.24) is 0 Å². The zero-order valence-corrected chi connectivity index (χ0v) is 9.03. The summed E-state index contributed by atoms with van der Waals surface area (Å²) >= 11 is 0. The van der Waals surface area contributed by atoms with E-state index in [9.17, 15) is 9.59 Å². The van der Waals surface area contributed by atoms with Crippen molar-refractivity contribution in [2.45, 2.75) is 13.3 Å². The Morgan fingerprint density at radius 1 is 1.44 bits per heavy atom. The largest absolute Gasteiger partial charge is 0.462 e. The van der Waals surface area contributed by atoms with Crippen LogP contribution in [0.3, 0.4) is 0 Å². The van der Waals surface area contributed by atoms with Gasteiger partial charge in [-0.3, -0.25) is 9.59 Å². The average molecular weight is 216 g/mol. The van der Waals surface area contributed by atoms with Gasteiger partial charge in [-0.1, -0.05) is 24.3 Å². The number of esters is 1. The van der Waals surface area contributed by atoms with Crippen LogP contribution >= 0.6 is 0 Å². The minimum atomic E-state index is -0.334. The van der Waals surface area contributed by atoms with E-state index in [0.717, 1.165) is 11.1 Å². The summed E-state index contributed by atoms with van der Waals surface area (Å²) in [5.74, 6) is -0.289. The van der Waals surface area contributed by atoms with Crippen molar-refractivity contribution in [1.29, 1.82) is 0 Å². The van der Waals surface area contributed by atoms with Crippen molar-refractivity contribution in [3.63, 3.8) is 0 Å². The second-order valence-electron chi connectivity index (χ2n) is 3.69. The molecule has 3 heteroatoms. The number of hydrogen-bond donors (Lipinski definition) is 0. The summed E-state index contributed by atoms with van der Waals surface area (Å²) in [5, 5.41) is 0. The summed E-state index contributed by atoms with van der Waals surface area (Å²) in [7, 11) is 0. The van der Waals surface area contributed by atoms with Gasteiger partial charge in [-0.05, 0) is 11.6 Å². The van der Waals surface area contributed by atoms with E-state index in [1.165, 1.54) is 6.92 Å². The highest BCUT2D eigenvalue weighted by molar-refractivity contribution is 6.13.